The Balaban J connectivity index is 1.61. The van der Waals surface area contributed by atoms with Crippen molar-refractivity contribution in [3.8, 4) is 11.4 Å². The van der Waals surface area contributed by atoms with Crippen molar-refractivity contribution >= 4 is 10.9 Å². The highest BCUT2D eigenvalue weighted by Crippen LogP contribution is 2.17. The standard InChI is InChI=1S/C20H18N4O2/c1-13-11-24(12-21-13)15-5-3-14(4-6-15)9-19-22-18-8-7-16(26-2)10-17(18)20(25)23-19/h3-8,10-12H,9H2,1-2H3,(H,22,23,25). The van der Waals surface area contributed by atoms with Crippen molar-refractivity contribution in [2.24, 2.45) is 0 Å². The van der Waals surface area contributed by atoms with Crippen LogP contribution in [-0.2, 0) is 6.42 Å². The summed E-state index contributed by atoms with van der Waals surface area (Å²) < 4.78 is 7.14. The summed E-state index contributed by atoms with van der Waals surface area (Å²) in [6.07, 6.45) is 4.33. The first-order chi connectivity index (χ1) is 12.6. The summed E-state index contributed by atoms with van der Waals surface area (Å²) in [5.41, 5.74) is 3.59. The molecule has 0 saturated carbocycles. The topological polar surface area (TPSA) is 72.8 Å². The second kappa shape index (κ2) is 6.48. The molecule has 0 radical (unpaired) electrons. The summed E-state index contributed by atoms with van der Waals surface area (Å²) in [5.74, 6) is 1.28. The molecule has 2 aromatic heterocycles. The van der Waals surface area contributed by atoms with Gasteiger partial charge in [0.2, 0.25) is 0 Å². The third kappa shape index (κ3) is 3.09. The van der Waals surface area contributed by atoms with Crippen molar-refractivity contribution in [2.75, 3.05) is 7.11 Å². The Morgan fingerprint density at radius 3 is 2.65 bits per heavy atom. The Labute approximate surface area is 150 Å². The first-order valence-corrected chi connectivity index (χ1v) is 8.29. The van der Waals surface area contributed by atoms with Gasteiger partial charge in [-0.2, -0.15) is 0 Å². The number of methoxy groups -OCH3 is 1. The van der Waals surface area contributed by atoms with Crippen LogP contribution in [0.5, 0.6) is 5.75 Å². The summed E-state index contributed by atoms with van der Waals surface area (Å²) in [6.45, 7) is 1.96. The van der Waals surface area contributed by atoms with E-state index < -0.39 is 0 Å². The number of nitrogens with one attached hydrogen (secondary N) is 1. The van der Waals surface area contributed by atoms with Crippen LogP contribution in [-0.4, -0.2) is 26.6 Å². The summed E-state index contributed by atoms with van der Waals surface area (Å²) in [4.78, 5) is 24.0. The highest BCUT2D eigenvalue weighted by atomic mass is 16.5. The second-order valence-corrected chi connectivity index (χ2v) is 6.16. The molecule has 6 nitrogen and oxygen atoms in total. The quantitative estimate of drug-likeness (QED) is 0.616. The number of ether oxygens (including phenoxy) is 1. The molecule has 0 saturated heterocycles. The van der Waals surface area contributed by atoms with Gasteiger partial charge < -0.3 is 14.3 Å². The van der Waals surface area contributed by atoms with E-state index in [0.717, 1.165) is 16.9 Å². The highest BCUT2D eigenvalue weighted by Gasteiger charge is 2.07. The third-order valence-electron chi connectivity index (χ3n) is 4.28. The van der Waals surface area contributed by atoms with Crippen LogP contribution in [0.2, 0.25) is 0 Å². The van der Waals surface area contributed by atoms with E-state index in [4.69, 9.17) is 4.74 Å². The van der Waals surface area contributed by atoms with Crippen LogP contribution < -0.4 is 10.3 Å². The maximum absolute atomic E-state index is 12.3. The number of imidazole rings is 1. The molecule has 0 aliphatic rings. The summed E-state index contributed by atoms with van der Waals surface area (Å²) in [7, 11) is 1.58. The van der Waals surface area contributed by atoms with Crippen molar-refractivity contribution in [3.05, 3.63) is 82.4 Å². The lowest BCUT2D eigenvalue weighted by Gasteiger charge is -2.06. The number of hydrogen-bond donors (Lipinski definition) is 1. The molecule has 0 amide bonds. The minimum atomic E-state index is -0.158. The first-order valence-electron chi connectivity index (χ1n) is 8.29. The van der Waals surface area contributed by atoms with Gasteiger partial charge in [-0.25, -0.2) is 9.97 Å². The number of benzene rings is 2. The van der Waals surface area contributed by atoms with Crippen molar-refractivity contribution < 1.29 is 4.74 Å². The number of rotatable bonds is 4. The van der Waals surface area contributed by atoms with Crippen LogP contribution in [0.3, 0.4) is 0 Å². The van der Waals surface area contributed by atoms with Crippen LogP contribution in [0.4, 0.5) is 0 Å². The van der Waals surface area contributed by atoms with E-state index in [1.54, 1.807) is 31.6 Å². The minimum Gasteiger partial charge on any atom is -0.497 e. The van der Waals surface area contributed by atoms with Crippen molar-refractivity contribution in [2.45, 2.75) is 13.3 Å². The molecule has 0 fully saturated rings. The van der Waals surface area contributed by atoms with E-state index >= 15 is 0 Å². The maximum atomic E-state index is 12.3. The molecule has 0 atom stereocenters. The Hall–Kier alpha value is -3.41. The van der Waals surface area contributed by atoms with Gasteiger partial charge in [-0.1, -0.05) is 12.1 Å². The Bertz CT molecular complexity index is 1130. The van der Waals surface area contributed by atoms with Crippen molar-refractivity contribution in [3.63, 3.8) is 0 Å². The number of nitrogens with zero attached hydrogens (tertiary/aromatic N) is 3. The first kappa shape index (κ1) is 16.1. The fourth-order valence-corrected chi connectivity index (χ4v) is 2.92. The van der Waals surface area contributed by atoms with Gasteiger partial charge in [0, 0.05) is 18.3 Å². The molecule has 0 aliphatic carbocycles. The average Bonchev–Trinajstić information content (AvgIpc) is 3.08. The molecule has 0 aliphatic heterocycles. The molecular weight excluding hydrogens is 328 g/mol. The second-order valence-electron chi connectivity index (χ2n) is 6.16. The predicted octanol–water partition coefficient (Wildman–Crippen LogP) is 3.02. The van der Waals surface area contributed by atoms with E-state index in [1.165, 1.54) is 0 Å². The van der Waals surface area contributed by atoms with Crippen LogP contribution in [0.15, 0.2) is 59.8 Å². The summed E-state index contributed by atoms with van der Waals surface area (Å²) >= 11 is 0. The molecule has 130 valence electrons. The lowest BCUT2D eigenvalue weighted by Crippen LogP contribution is -2.12. The fraction of sp³-hybridized carbons (Fsp3) is 0.150. The number of aryl methyl sites for hydroxylation is 1. The maximum Gasteiger partial charge on any atom is 0.258 e. The average molecular weight is 346 g/mol. The molecular formula is C20H18N4O2. The fourth-order valence-electron chi connectivity index (χ4n) is 2.92. The smallest absolute Gasteiger partial charge is 0.258 e. The van der Waals surface area contributed by atoms with Crippen molar-refractivity contribution in [1.82, 2.24) is 19.5 Å². The van der Waals surface area contributed by atoms with E-state index in [9.17, 15) is 4.79 Å². The Morgan fingerprint density at radius 1 is 1.15 bits per heavy atom. The minimum absolute atomic E-state index is 0.158. The van der Waals surface area contributed by atoms with E-state index in [-0.39, 0.29) is 5.56 Å². The normalized spacial score (nSPS) is 11.0. The molecule has 0 bridgehead atoms. The Morgan fingerprint density at radius 2 is 1.96 bits per heavy atom. The molecule has 0 unspecified atom stereocenters. The van der Waals surface area contributed by atoms with Crippen LogP contribution in [0.25, 0.3) is 16.6 Å². The SMILES string of the molecule is COc1ccc2nc(Cc3ccc(-n4cnc(C)c4)cc3)[nH]c(=O)c2c1. The van der Waals surface area contributed by atoms with Gasteiger partial charge in [-0.05, 0) is 42.8 Å². The van der Waals surface area contributed by atoms with Gasteiger partial charge in [-0.3, -0.25) is 4.79 Å². The Kier molecular flexibility index (Phi) is 4.01. The van der Waals surface area contributed by atoms with Gasteiger partial charge in [0.15, 0.2) is 0 Å². The largest absolute Gasteiger partial charge is 0.497 e. The number of aromatic nitrogens is 4. The van der Waals surface area contributed by atoms with Crippen LogP contribution in [0.1, 0.15) is 17.1 Å². The number of H-pyrrole nitrogens is 1. The third-order valence-corrected chi connectivity index (χ3v) is 4.28. The molecule has 4 aromatic rings. The highest BCUT2D eigenvalue weighted by molar-refractivity contribution is 5.79. The van der Waals surface area contributed by atoms with Gasteiger partial charge in [0.05, 0.1) is 30.0 Å². The van der Waals surface area contributed by atoms with Crippen LogP contribution in [0, 0.1) is 6.92 Å². The summed E-state index contributed by atoms with van der Waals surface area (Å²) in [6, 6.07) is 13.4. The van der Waals surface area contributed by atoms with Gasteiger partial charge in [0.25, 0.3) is 5.56 Å². The van der Waals surface area contributed by atoms with E-state index in [1.807, 2.05) is 42.0 Å². The molecule has 6 heteroatoms. The number of hydrogen-bond acceptors (Lipinski definition) is 4. The predicted molar refractivity (Wildman–Crippen MR) is 100 cm³/mol. The zero-order chi connectivity index (χ0) is 18.1. The lowest BCUT2D eigenvalue weighted by molar-refractivity contribution is 0.415. The lowest BCUT2D eigenvalue weighted by atomic mass is 10.1. The van der Waals surface area contributed by atoms with Gasteiger partial charge in [0.1, 0.15) is 11.6 Å². The van der Waals surface area contributed by atoms with Gasteiger partial charge in [-0.15, -0.1) is 0 Å². The number of fused-ring (bicyclic) bond motifs is 1. The van der Waals surface area contributed by atoms with Crippen LogP contribution >= 0.6 is 0 Å². The molecule has 26 heavy (non-hydrogen) atoms. The molecule has 2 aromatic carbocycles. The van der Waals surface area contributed by atoms with Gasteiger partial charge >= 0.3 is 0 Å². The van der Waals surface area contributed by atoms with E-state index in [2.05, 4.69) is 15.0 Å². The summed E-state index contributed by atoms with van der Waals surface area (Å²) in [5, 5.41) is 0.527. The molecule has 0 spiro atoms. The molecule has 2 heterocycles. The molecule has 4 rings (SSSR count). The van der Waals surface area contributed by atoms with E-state index in [0.29, 0.717) is 28.9 Å². The molecule has 1 N–H and O–H groups in total. The van der Waals surface area contributed by atoms with Crippen molar-refractivity contribution in [1.29, 1.82) is 0 Å². The number of aromatic amines is 1. The zero-order valence-electron chi connectivity index (χ0n) is 14.6. The monoisotopic (exact) mass is 346 g/mol. The zero-order valence-corrected chi connectivity index (χ0v) is 14.6.